The van der Waals surface area contributed by atoms with E-state index in [0.717, 1.165) is 5.56 Å². The van der Waals surface area contributed by atoms with Gasteiger partial charge in [0.2, 0.25) is 0 Å². The van der Waals surface area contributed by atoms with Crippen LogP contribution in [-0.4, -0.2) is 55.3 Å². The highest BCUT2D eigenvalue weighted by Crippen LogP contribution is 2.46. The van der Waals surface area contributed by atoms with E-state index in [-0.39, 0.29) is 18.3 Å². The van der Waals surface area contributed by atoms with Crippen molar-refractivity contribution in [3.63, 3.8) is 0 Å². The fourth-order valence-corrected chi connectivity index (χ4v) is 4.04. The summed E-state index contributed by atoms with van der Waals surface area (Å²) in [6.45, 7) is 9.51. The lowest BCUT2D eigenvalue weighted by Crippen LogP contribution is -2.48. The SMILES string of the molecule is CC1(C)OC[C@H]([C@@H]2OC[C@@]3(COCc4ccccc4)OC(C)(C)O[C@@H]23)O1. The van der Waals surface area contributed by atoms with Gasteiger partial charge in [-0.05, 0) is 33.3 Å². The highest BCUT2D eigenvalue weighted by atomic mass is 16.8. The first kappa shape index (κ1) is 18.3. The Labute approximate surface area is 154 Å². The molecule has 3 aliphatic rings. The molecule has 0 aromatic heterocycles. The molecule has 0 bridgehead atoms. The summed E-state index contributed by atoms with van der Waals surface area (Å²) in [6.07, 6.45) is -0.668. The van der Waals surface area contributed by atoms with Crippen LogP contribution in [0.5, 0.6) is 0 Å². The van der Waals surface area contributed by atoms with E-state index in [4.69, 9.17) is 28.4 Å². The van der Waals surface area contributed by atoms with E-state index in [9.17, 15) is 0 Å². The van der Waals surface area contributed by atoms with Crippen LogP contribution in [0.1, 0.15) is 33.3 Å². The van der Waals surface area contributed by atoms with Gasteiger partial charge < -0.3 is 28.4 Å². The molecule has 144 valence electrons. The molecule has 3 heterocycles. The van der Waals surface area contributed by atoms with Gasteiger partial charge in [0.05, 0.1) is 26.4 Å². The van der Waals surface area contributed by atoms with Crippen LogP contribution in [0.15, 0.2) is 30.3 Å². The number of hydrogen-bond donors (Lipinski definition) is 0. The average Bonchev–Trinajstić information content (AvgIpc) is 3.16. The van der Waals surface area contributed by atoms with Gasteiger partial charge in [-0.1, -0.05) is 30.3 Å². The van der Waals surface area contributed by atoms with E-state index in [1.165, 1.54) is 0 Å². The van der Waals surface area contributed by atoms with E-state index in [0.29, 0.717) is 26.4 Å². The first-order chi connectivity index (χ1) is 12.3. The lowest BCUT2D eigenvalue weighted by molar-refractivity contribution is -0.208. The van der Waals surface area contributed by atoms with Crippen molar-refractivity contribution in [2.24, 2.45) is 0 Å². The molecular weight excluding hydrogens is 336 g/mol. The van der Waals surface area contributed by atoms with Crippen LogP contribution in [0.4, 0.5) is 0 Å². The molecule has 1 aromatic rings. The first-order valence-electron chi connectivity index (χ1n) is 9.22. The summed E-state index contributed by atoms with van der Waals surface area (Å²) < 4.78 is 36.3. The summed E-state index contributed by atoms with van der Waals surface area (Å²) in [5.41, 5.74) is 0.502. The molecular formula is C20H28O6. The molecule has 0 spiro atoms. The molecule has 3 fully saturated rings. The smallest absolute Gasteiger partial charge is 0.164 e. The number of hydrogen-bond acceptors (Lipinski definition) is 6. The van der Waals surface area contributed by atoms with Crippen molar-refractivity contribution < 1.29 is 28.4 Å². The number of benzene rings is 1. The molecule has 3 aliphatic heterocycles. The Balaban J connectivity index is 1.45. The number of ether oxygens (including phenoxy) is 6. The van der Waals surface area contributed by atoms with E-state index in [1.54, 1.807) is 0 Å². The second-order valence-electron chi connectivity index (χ2n) is 8.23. The minimum atomic E-state index is -0.683. The molecule has 1 aromatic carbocycles. The maximum atomic E-state index is 6.27. The lowest BCUT2D eigenvalue weighted by Gasteiger charge is -2.27. The average molecular weight is 364 g/mol. The summed E-state index contributed by atoms with van der Waals surface area (Å²) in [7, 11) is 0. The third-order valence-corrected chi connectivity index (χ3v) is 5.05. The normalized spacial score (nSPS) is 37.8. The highest BCUT2D eigenvalue weighted by molar-refractivity contribution is 5.14. The zero-order valence-electron chi connectivity index (χ0n) is 15.9. The van der Waals surface area contributed by atoms with Gasteiger partial charge in [-0.3, -0.25) is 0 Å². The van der Waals surface area contributed by atoms with Gasteiger partial charge in [0.25, 0.3) is 0 Å². The van der Waals surface area contributed by atoms with E-state index < -0.39 is 17.2 Å². The summed E-state index contributed by atoms with van der Waals surface area (Å²) in [4.78, 5) is 0. The van der Waals surface area contributed by atoms with Crippen molar-refractivity contribution in [2.45, 2.75) is 69.8 Å². The van der Waals surface area contributed by atoms with Gasteiger partial charge in [-0.25, -0.2) is 0 Å². The monoisotopic (exact) mass is 364 g/mol. The molecule has 6 nitrogen and oxygen atoms in total. The third kappa shape index (κ3) is 3.54. The standard InChI is InChI=1S/C20H28O6/c1-18(2)23-11-15(24-18)16-17-20(13-22-16,26-19(3,4)25-17)12-21-10-14-8-6-5-7-9-14/h5-9,15-17H,10-13H2,1-4H3/t15-,16+,17+,20-/m1/s1. The topological polar surface area (TPSA) is 55.4 Å². The van der Waals surface area contributed by atoms with E-state index in [1.807, 2.05) is 58.0 Å². The molecule has 6 heteroatoms. The molecule has 0 saturated carbocycles. The van der Waals surface area contributed by atoms with Gasteiger partial charge in [0.1, 0.15) is 23.9 Å². The number of fused-ring (bicyclic) bond motifs is 1. The predicted molar refractivity (Wildman–Crippen MR) is 93.5 cm³/mol. The highest BCUT2D eigenvalue weighted by Gasteiger charge is 2.63. The second-order valence-corrected chi connectivity index (χ2v) is 8.23. The molecule has 4 rings (SSSR count). The Morgan fingerprint density at radius 3 is 2.50 bits per heavy atom. The fourth-order valence-electron chi connectivity index (χ4n) is 4.04. The van der Waals surface area contributed by atoms with Gasteiger partial charge in [-0.15, -0.1) is 0 Å². The maximum Gasteiger partial charge on any atom is 0.164 e. The van der Waals surface area contributed by atoms with Gasteiger partial charge in [0.15, 0.2) is 11.6 Å². The van der Waals surface area contributed by atoms with Crippen molar-refractivity contribution in [3.8, 4) is 0 Å². The molecule has 26 heavy (non-hydrogen) atoms. The molecule has 0 unspecified atom stereocenters. The van der Waals surface area contributed by atoms with Crippen LogP contribution in [-0.2, 0) is 35.0 Å². The zero-order chi connectivity index (χ0) is 18.4. The summed E-state index contributed by atoms with van der Waals surface area (Å²) in [5, 5.41) is 0. The van der Waals surface area contributed by atoms with Crippen molar-refractivity contribution in [1.29, 1.82) is 0 Å². The Morgan fingerprint density at radius 2 is 1.81 bits per heavy atom. The minimum absolute atomic E-state index is 0.177. The van der Waals surface area contributed by atoms with Crippen molar-refractivity contribution in [3.05, 3.63) is 35.9 Å². The fraction of sp³-hybridized carbons (Fsp3) is 0.700. The van der Waals surface area contributed by atoms with E-state index >= 15 is 0 Å². The van der Waals surface area contributed by atoms with Gasteiger partial charge in [0, 0.05) is 0 Å². The first-order valence-corrected chi connectivity index (χ1v) is 9.22. The quantitative estimate of drug-likeness (QED) is 0.801. The maximum absolute atomic E-state index is 6.27. The van der Waals surface area contributed by atoms with E-state index in [2.05, 4.69) is 0 Å². The Hall–Kier alpha value is -1.02. The van der Waals surface area contributed by atoms with Crippen molar-refractivity contribution in [2.75, 3.05) is 19.8 Å². The van der Waals surface area contributed by atoms with Gasteiger partial charge >= 0.3 is 0 Å². The Kier molecular flexibility index (Phi) is 4.62. The van der Waals surface area contributed by atoms with Gasteiger partial charge in [-0.2, -0.15) is 0 Å². The molecule has 3 saturated heterocycles. The lowest BCUT2D eigenvalue weighted by atomic mass is 9.95. The minimum Gasteiger partial charge on any atom is -0.374 e. The third-order valence-electron chi connectivity index (χ3n) is 5.05. The molecule has 0 aliphatic carbocycles. The predicted octanol–water partition coefficient (Wildman–Crippen LogP) is 2.64. The summed E-state index contributed by atoms with van der Waals surface area (Å²) >= 11 is 0. The number of rotatable bonds is 5. The van der Waals surface area contributed by atoms with Crippen LogP contribution in [0.3, 0.4) is 0 Å². The van der Waals surface area contributed by atoms with Crippen LogP contribution in [0.2, 0.25) is 0 Å². The zero-order valence-corrected chi connectivity index (χ0v) is 15.9. The van der Waals surface area contributed by atoms with Crippen molar-refractivity contribution in [1.82, 2.24) is 0 Å². The van der Waals surface area contributed by atoms with Crippen LogP contribution >= 0.6 is 0 Å². The Morgan fingerprint density at radius 1 is 1.04 bits per heavy atom. The summed E-state index contributed by atoms with van der Waals surface area (Å²) in [5.74, 6) is -1.28. The van der Waals surface area contributed by atoms with Crippen LogP contribution in [0.25, 0.3) is 0 Å². The molecule has 0 radical (unpaired) electrons. The molecule has 4 atom stereocenters. The Bertz CT molecular complexity index is 630. The van der Waals surface area contributed by atoms with Crippen LogP contribution in [0, 0.1) is 0 Å². The van der Waals surface area contributed by atoms with Crippen molar-refractivity contribution >= 4 is 0 Å². The molecule has 0 N–H and O–H groups in total. The largest absolute Gasteiger partial charge is 0.374 e. The summed E-state index contributed by atoms with van der Waals surface area (Å²) in [6, 6.07) is 10.1. The van der Waals surface area contributed by atoms with Crippen LogP contribution < -0.4 is 0 Å². The second kappa shape index (κ2) is 6.55. The molecule has 0 amide bonds.